The van der Waals surface area contributed by atoms with Crippen molar-refractivity contribution in [3.8, 4) is 56.0 Å². The summed E-state index contributed by atoms with van der Waals surface area (Å²) in [6, 6.07) is 66.1. The molecule has 0 amide bonds. The minimum atomic E-state index is 0.907. The Labute approximate surface area is 301 Å². The number of nitrogens with zero attached hydrogens (tertiary/aromatic N) is 3. The fourth-order valence-electron chi connectivity index (χ4n) is 7.50. The summed E-state index contributed by atoms with van der Waals surface area (Å²) in [5, 5.41) is 5.65. The third kappa shape index (κ3) is 5.10. The average Bonchev–Trinajstić information content (AvgIpc) is 3.23. The first-order valence-electron chi connectivity index (χ1n) is 17.6. The van der Waals surface area contributed by atoms with Gasteiger partial charge in [-0.3, -0.25) is 0 Å². The molecule has 10 aromatic rings. The summed E-state index contributed by atoms with van der Waals surface area (Å²) in [6.07, 6.45) is 0. The topological polar surface area (TPSA) is 38.7 Å². The first kappa shape index (κ1) is 29.9. The van der Waals surface area contributed by atoms with Gasteiger partial charge in [0.15, 0.2) is 0 Å². The molecule has 52 heavy (non-hydrogen) atoms. The quantitative estimate of drug-likeness (QED) is 0.172. The maximum Gasteiger partial charge on any atom is 0.0972 e. The molecule has 0 N–H and O–H groups in total. The predicted molar refractivity (Wildman–Crippen MR) is 217 cm³/mol. The first-order chi connectivity index (χ1) is 25.8. The highest BCUT2D eigenvalue weighted by Crippen LogP contribution is 2.41. The van der Waals surface area contributed by atoms with Crippen molar-refractivity contribution in [2.45, 2.75) is 0 Å². The molecule has 10 rings (SSSR count). The summed E-state index contributed by atoms with van der Waals surface area (Å²) < 4.78 is 0. The smallest absolute Gasteiger partial charge is 0.0972 e. The van der Waals surface area contributed by atoms with Crippen LogP contribution in [-0.4, -0.2) is 15.0 Å². The maximum atomic E-state index is 5.44. The van der Waals surface area contributed by atoms with Gasteiger partial charge in [0.1, 0.15) is 0 Å². The molecule has 0 bridgehead atoms. The molecule has 0 unspecified atom stereocenters. The number of pyridine rings is 3. The Kier molecular flexibility index (Phi) is 7.14. The fourth-order valence-corrected chi connectivity index (χ4v) is 7.50. The van der Waals surface area contributed by atoms with Crippen LogP contribution >= 0.6 is 0 Å². The summed E-state index contributed by atoms with van der Waals surface area (Å²) in [7, 11) is 0. The molecule has 3 heterocycles. The standard InChI is InChI=1S/C49H31N3/c1-4-12-32(13-5-1)39-18-10-20-41-45(39)42-21-11-19-40(49(42)52-46(41)36-16-8-3-9-17-36)33-22-24-35(25-23-33)44-31-29-38-27-26-37-28-30-43(34-14-6-2-7-15-34)50-47(37)48(38)51-44/h1-31H. The van der Waals surface area contributed by atoms with Crippen LogP contribution < -0.4 is 0 Å². The largest absolute Gasteiger partial charge is 0.246 e. The monoisotopic (exact) mass is 661 g/mol. The Morgan fingerprint density at radius 2 is 0.731 bits per heavy atom. The van der Waals surface area contributed by atoms with Crippen LogP contribution in [0, 0.1) is 0 Å². The van der Waals surface area contributed by atoms with Crippen LogP contribution in [0.1, 0.15) is 0 Å². The number of benzene rings is 7. The van der Waals surface area contributed by atoms with Crippen molar-refractivity contribution in [2.24, 2.45) is 0 Å². The molecule has 0 saturated carbocycles. The summed E-state index contributed by atoms with van der Waals surface area (Å²) in [5.41, 5.74) is 13.5. The number of hydrogen-bond acceptors (Lipinski definition) is 3. The predicted octanol–water partition coefficient (Wildman–Crippen LogP) is 12.8. The molecule has 3 aromatic heterocycles. The molecule has 242 valence electrons. The molecule has 0 radical (unpaired) electrons. The lowest BCUT2D eigenvalue weighted by atomic mass is 9.91. The van der Waals surface area contributed by atoms with Gasteiger partial charge in [-0.1, -0.05) is 176 Å². The molecular weight excluding hydrogens is 631 g/mol. The van der Waals surface area contributed by atoms with Crippen LogP contribution in [0.2, 0.25) is 0 Å². The number of fused-ring (bicyclic) bond motifs is 6. The molecule has 0 atom stereocenters. The van der Waals surface area contributed by atoms with E-state index in [-0.39, 0.29) is 0 Å². The Bertz CT molecular complexity index is 2920. The van der Waals surface area contributed by atoms with Crippen LogP contribution in [0.5, 0.6) is 0 Å². The van der Waals surface area contributed by atoms with Gasteiger partial charge in [-0.15, -0.1) is 0 Å². The van der Waals surface area contributed by atoms with E-state index in [1.807, 2.05) is 18.2 Å². The molecule has 7 aromatic carbocycles. The summed E-state index contributed by atoms with van der Waals surface area (Å²) in [5.74, 6) is 0. The van der Waals surface area contributed by atoms with Crippen LogP contribution in [0.4, 0.5) is 0 Å². The van der Waals surface area contributed by atoms with Crippen LogP contribution in [-0.2, 0) is 0 Å². The van der Waals surface area contributed by atoms with Gasteiger partial charge < -0.3 is 0 Å². The molecule has 3 heteroatoms. The van der Waals surface area contributed by atoms with Crippen molar-refractivity contribution in [2.75, 3.05) is 0 Å². The van der Waals surface area contributed by atoms with E-state index in [1.54, 1.807) is 0 Å². The SMILES string of the molecule is c1ccc(-c2ccc3ccc4ccc(-c5ccc(-c6cccc7c6nc(-c6ccccc6)c6cccc(-c8ccccc8)c67)cc5)nc4c3n2)cc1. The van der Waals surface area contributed by atoms with Gasteiger partial charge in [0.25, 0.3) is 0 Å². The summed E-state index contributed by atoms with van der Waals surface area (Å²) in [4.78, 5) is 15.7. The van der Waals surface area contributed by atoms with Gasteiger partial charge >= 0.3 is 0 Å². The van der Waals surface area contributed by atoms with Crippen molar-refractivity contribution in [1.82, 2.24) is 15.0 Å². The zero-order valence-corrected chi connectivity index (χ0v) is 28.2. The molecule has 0 fully saturated rings. The second-order valence-electron chi connectivity index (χ2n) is 13.2. The van der Waals surface area contributed by atoms with Crippen molar-refractivity contribution >= 4 is 43.5 Å². The normalized spacial score (nSPS) is 11.5. The van der Waals surface area contributed by atoms with Crippen molar-refractivity contribution in [1.29, 1.82) is 0 Å². The zero-order valence-electron chi connectivity index (χ0n) is 28.2. The minimum absolute atomic E-state index is 0.907. The fraction of sp³-hybridized carbons (Fsp3) is 0. The van der Waals surface area contributed by atoms with Gasteiger partial charge in [0, 0.05) is 49.2 Å². The highest BCUT2D eigenvalue weighted by atomic mass is 14.8. The molecule has 0 spiro atoms. The Hall–Kier alpha value is -6.97. The lowest BCUT2D eigenvalue weighted by Gasteiger charge is -2.16. The number of rotatable bonds is 5. The summed E-state index contributed by atoms with van der Waals surface area (Å²) in [6.45, 7) is 0. The van der Waals surface area contributed by atoms with E-state index < -0.39 is 0 Å². The molecule has 3 nitrogen and oxygen atoms in total. The third-order valence-electron chi connectivity index (χ3n) is 10.1. The van der Waals surface area contributed by atoms with E-state index in [9.17, 15) is 0 Å². The average molecular weight is 662 g/mol. The van der Waals surface area contributed by atoms with Crippen LogP contribution in [0.3, 0.4) is 0 Å². The third-order valence-corrected chi connectivity index (χ3v) is 10.1. The van der Waals surface area contributed by atoms with Gasteiger partial charge in [-0.25, -0.2) is 15.0 Å². The van der Waals surface area contributed by atoms with E-state index >= 15 is 0 Å². The Morgan fingerprint density at radius 1 is 0.269 bits per heavy atom. The molecule has 0 saturated heterocycles. The lowest BCUT2D eigenvalue weighted by Crippen LogP contribution is -1.94. The zero-order chi connectivity index (χ0) is 34.4. The number of aromatic nitrogens is 3. The van der Waals surface area contributed by atoms with Gasteiger partial charge in [0.2, 0.25) is 0 Å². The van der Waals surface area contributed by atoms with E-state index in [0.717, 1.165) is 83.0 Å². The van der Waals surface area contributed by atoms with E-state index in [1.165, 1.54) is 16.5 Å². The maximum absolute atomic E-state index is 5.44. The Balaban J connectivity index is 1.11. The van der Waals surface area contributed by atoms with E-state index in [4.69, 9.17) is 15.0 Å². The van der Waals surface area contributed by atoms with Gasteiger partial charge in [-0.05, 0) is 28.8 Å². The second kappa shape index (κ2) is 12.4. The molecular formula is C49H31N3. The highest BCUT2D eigenvalue weighted by Gasteiger charge is 2.17. The Morgan fingerprint density at radius 3 is 1.35 bits per heavy atom. The van der Waals surface area contributed by atoms with Crippen molar-refractivity contribution < 1.29 is 0 Å². The molecule has 0 aliphatic rings. The van der Waals surface area contributed by atoms with Gasteiger partial charge in [0.05, 0.1) is 33.6 Å². The highest BCUT2D eigenvalue weighted by molar-refractivity contribution is 6.19. The second-order valence-corrected chi connectivity index (χ2v) is 13.2. The minimum Gasteiger partial charge on any atom is -0.246 e. The van der Waals surface area contributed by atoms with Crippen LogP contribution in [0.15, 0.2) is 188 Å². The lowest BCUT2D eigenvalue weighted by molar-refractivity contribution is 1.36. The van der Waals surface area contributed by atoms with Crippen molar-refractivity contribution in [3.63, 3.8) is 0 Å². The van der Waals surface area contributed by atoms with Crippen molar-refractivity contribution in [3.05, 3.63) is 188 Å². The number of hydrogen-bond donors (Lipinski definition) is 0. The summed E-state index contributed by atoms with van der Waals surface area (Å²) >= 11 is 0. The van der Waals surface area contributed by atoms with Gasteiger partial charge in [-0.2, -0.15) is 0 Å². The number of para-hydroxylation sites is 1. The molecule has 0 aliphatic heterocycles. The van der Waals surface area contributed by atoms with Crippen LogP contribution in [0.25, 0.3) is 99.5 Å². The molecule has 0 aliphatic carbocycles. The first-order valence-corrected chi connectivity index (χ1v) is 17.6. The van der Waals surface area contributed by atoms with E-state index in [0.29, 0.717) is 0 Å². The van der Waals surface area contributed by atoms with E-state index in [2.05, 4.69) is 170 Å².